The van der Waals surface area contributed by atoms with Crippen LogP contribution in [0, 0.1) is 0 Å². The van der Waals surface area contributed by atoms with Gasteiger partial charge in [0.25, 0.3) is 0 Å². The molecule has 0 radical (unpaired) electrons. The average molecular weight is 600 g/mol. The van der Waals surface area contributed by atoms with E-state index in [-0.39, 0.29) is 0 Å². The molecule has 0 N–H and O–H groups in total. The molecule has 5 heteroatoms. The normalized spacial score (nSPS) is 12.1. The molecule has 0 aliphatic rings. The highest BCUT2D eigenvalue weighted by Crippen LogP contribution is 2.23. The molecule has 0 aromatic heterocycles. The first-order chi connectivity index (χ1) is 20.1. The molecule has 4 nitrogen and oxygen atoms in total. The summed E-state index contributed by atoms with van der Waals surface area (Å²) in [7, 11) is 1.69. The van der Waals surface area contributed by atoms with Crippen LogP contribution >= 0.6 is 0 Å². The average Bonchev–Trinajstić information content (AvgIpc) is 2.96. The van der Waals surface area contributed by atoms with Crippen molar-refractivity contribution in [3.63, 3.8) is 0 Å². The molecule has 0 heterocycles. The Labute approximate surface area is 260 Å². The molecule has 0 saturated carbocycles. The van der Waals surface area contributed by atoms with Crippen molar-refractivity contribution in [1.82, 2.24) is 4.90 Å². The SMILES string of the molecule is CCCCCCCCCCO[Si](CCCCN(C)C)(OCCCCCCCCCC)OCCCCCCCCCC. The summed E-state index contributed by atoms with van der Waals surface area (Å²) in [5.74, 6) is 0. The smallest absolute Gasteiger partial charge is 0.373 e. The number of hydrogen-bond acceptors (Lipinski definition) is 4. The molecule has 0 unspecified atom stereocenters. The Bertz CT molecular complexity index is 436. The van der Waals surface area contributed by atoms with Crippen molar-refractivity contribution >= 4 is 8.80 Å². The minimum Gasteiger partial charge on any atom is -0.373 e. The van der Waals surface area contributed by atoms with Crippen molar-refractivity contribution in [3.05, 3.63) is 0 Å². The topological polar surface area (TPSA) is 30.9 Å². The number of rotatable bonds is 35. The van der Waals surface area contributed by atoms with Crippen molar-refractivity contribution in [3.8, 4) is 0 Å². The van der Waals surface area contributed by atoms with Crippen LogP contribution in [-0.4, -0.2) is 54.2 Å². The lowest BCUT2D eigenvalue weighted by molar-refractivity contribution is 0.0545. The van der Waals surface area contributed by atoms with Crippen LogP contribution in [-0.2, 0) is 13.3 Å². The van der Waals surface area contributed by atoms with Gasteiger partial charge < -0.3 is 18.2 Å². The molecule has 0 aromatic carbocycles. The molecule has 248 valence electrons. The van der Waals surface area contributed by atoms with Gasteiger partial charge >= 0.3 is 8.80 Å². The molecular formula is C36H77NO3Si. The molecule has 0 aromatic rings. The maximum Gasteiger partial charge on any atom is 0.500 e. The van der Waals surface area contributed by atoms with Crippen LogP contribution in [0.2, 0.25) is 6.04 Å². The zero-order valence-corrected chi connectivity index (χ0v) is 30.1. The highest BCUT2D eigenvalue weighted by molar-refractivity contribution is 6.60. The molecule has 0 amide bonds. The largest absolute Gasteiger partial charge is 0.500 e. The Hall–Kier alpha value is 0.0569. The van der Waals surface area contributed by atoms with E-state index in [2.05, 4.69) is 39.8 Å². The second-order valence-electron chi connectivity index (χ2n) is 12.9. The lowest BCUT2D eigenvalue weighted by Gasteiger charge is -2.30. The quantitative estimate of drug-likeness (QED) is 0.0535. The first-order valence-electron chi connectivity index (χ1n) is 18.7. The van der Waals surface area contributed by atoms with E-state index in [0.29, 0.717) is 0 Å². The van der Waals surface area contributed by atoms with Crippen LogP contribution < -0.4 is 0 Å². The van der Waals surface area contributed by atoms with Crippen LogP contribution in [0.3, 0.4) is 0 Å². The van der Waals surface area contributed by atoms with Gasteiger partial charge in [-0.1, -0.05) is 156 Å². The van der Waals surface area contributed by atoms with Crippen LogP contribution in [0.1, 0.15) is 188 Å². The van der Waals surface area contributed by atoms with E-state index >= 15 is 0 Å². The summed E-state index contributed by atoms with van der Waals surface area (Å²) < 4.78 is 20.1. The van der Waals surface area contributed by atoms with Crippen molar-refractivity contribution in [2.24, 2.45) is 0 Å². The van der Waals surface area contributed by atoms with E-state index in [0.717, 1.165) is 58.1 Å². The Morgan fingerprint density at radius 3 is 0.951 bits per heavy atom. The first kappa shape index (κ1) is 41.1. The third kappa shape index (κ3) is 29.9. The highest BCUT2D eigenvalue weighted by Gasteiger charge is 2.40. The standard InChI is InChI=1S/C36H77NO3Si/c1-6-9-12-15-18-21-24-28-33-38-41(36-31-27-32-37(4)5,39-34-29-25-22-19-16-13-10-7-2)40-35-30-26-23-20-17-14-11-8-3/h6-36H2,1-5H3. The summed E-state index contributed by atoms with van der Waals surface area (Å²) in [5, 5.41) is 0. The minimum atomic E-state index is -2.64. The summed E-state index contributed by atoms with van der Waals surface area (Å²) in [6.45, 7) is 10.4. The van der Waals surface area contributed by atoms with Crippen LogP contribution in [0.4, 0.5) is 0 Å². The number of unbranched alkanes of at least 4 members (excludes halogenated alkanes) is 22. The fourth-order valence-corrected chi connectivity index (χ4v) is 8.23. The van der Waals surface area contributed by atoms with Crippen molar-refractivity contribution in [1.29, 1.82) is 0 Å². The van der Waals surface area contributed by atoms with Gasteiger partial charge in [0.1, 0.15) is 0 Å². The van der Waals surface area contributed by atoms with E-state index in [9.17, 15) is 0 Å². The molecule has 0 aliphatic heterocycles. The van der Waals surface area contributed by atoms with Crippen LogP contribution in [0.15, 0.2) is 0 Å². The third-order valence-corrected chi connectivity index (χ3v) is 11.2. The second-order valence-corrected chi connectivity index (χ2v) is 15.6. The first-order valence-corrected chi connectivity index (χ1v) is 20.6. The fourth-order valence-electron chi connectivity index (χ4n) is 5.50. The molecule has 0 spiro atoms. The summed E-state index contributed by atoms with van der Waals surface area (Å²) in [5.41, 5.74) is 0. The lowest BCUT2D eigenvalue weighted by Crippen LogP contribution is -2.46. The fraction of sp³-hybridized carbons (Fsp3) is 1.00. The van der Waals surface area contributed by atoms with E-state index in [1.165, 1.54) is 141 Å². The maximum atomic E-state index is 6.71. The Morgan fingerprint density at radius 2 is 0.659 bits per heavy atom. The Morgan fingerprint density at radius 1 is 0.366 bits per heavy atom. The van der Waals surface area contributed by atoms with Gasteiger partial charge in [-0.05, 0) is 52.7 Å². The molecule has 0 saturated heterocycles. The predicted octanol–water partition coefficient (Wildman–Crippen LogP) is 11.7. The van der Waals surface area contributed by atoms with Crippen LogP contribution in [0.5, 0.6) is 0 Å². The summed E-state index contributed by atoms with van der Waals surface area (Å²) in [6, 6.07) is 0.978. The van der Waals surface area contributed by atoms with Crippen molar-refractivity contribution in [2.75, 3.05) is 40.5 Å². The van der Waals surface area contributed by atoms with E-state index in [1.807, 2.05) is 0 Å². The molecule has 0 fully saturated rings. The Balaban J connectivity index is 4.75. The molecule has 0 rings (SSSR count). The van der Waals surface area contributed by atoms with E-state index < -0.39 is 8.80 Å². The lowest BCUT2D eigenvalue weighted by atomic mass is 10.1. The molecule has 41 heavy (non-hydrogen) atoms. The molecule has 0 atom stereocenters. The zero-order valence-electron chi connectivity index (χ0n) is 29.1. The monoisotopic (exact) mass is 600 g/mol. The highest BCUT2D eigenvalue weighted by atomic mass is 28.4. The van der Waals surface area contributed by atoms with Gasteiger partial charge in [0.15, 0.2) is 0 Å². The molecule has 0 bridgehead atoms. The summed E-state index contributed by atoms with van der Waals surface area (Å²) in [4.78, 5) is 2.29. The van der Waals surface area contributed by atoms with Gasteiger partial charge in [0.2, 0.25) is 0 Å². The van der Waals surface area contributed by atoms with Gasteiger partial charge in [-0.15, -0.1) is 0 Å². The zero-order chi connectivity index (χ0) is 30.1. The van der Waals surface area contributed by atoms with Gasteiger partial charge in [0.05, 0.1) is 0 Å². The summed E-state index contributed by atoms with van der Waals surface area (Å²) in [6.07, 6.45) is 34.2. The maximum absolute atomic E-state index is 6.71. The van der Waals surface area contributed by atoms with Crippen LogP contribution in [0.25, 0.3) is 0 Å². The van der Waals surface area contributed by atoms with Gasteiger partial charge in [0, 0.05) is 25.9 Å². The van der Waals surface area contributed by atoms with Crippen molar-refractivity contribution < 1.29 is 13.3 Å². The predicted molar refractivity (Wildman–Crippen MR) is 184 cm³/mol. The Kier molecular flexibility index (Phi) is 33.0. The van der Waals surface area contributed by atoms with Crippen molar-refractivity contribution in [2.45, 2.75) is 194 Å². The van der Waals surface area contributed by atoms with Gasteiger partial charge in [-0.3, -0.25) is 0 Å². The van der Waals surface area contributed by atoms with E-state index in [4.69, 9.17) is 13.3 Å². The second kappa shape index (κ2) is 33.0. The molecule has 0 aliphatic carbocycles. The summed E-state index contributed by atoms with van der Waals surface area (Å²) >= 11 is 0. The van der Waals surface area contributed by atoms with E-state index in [1.54, 1.807) is 0 Å². The number of hydrogen-bond donors (Lipinski definition) is 0. The van der Waals surface area contributed by atoms with Gasteiger partial charge in [-0.2, -0.15) is 0 Å². The molecular weight excluding hydrogens is 522 g/mol. The van der Waals surface area contributed by atoms with Gasteiger partial charge in [-0.25, -0.2) is 0 Å². The number of nitrogens with zero attached hydrogens (tertiary/aromatic N) is 1. The minimum absolute atomic E-state index is 0.809. The third-order valence-electron chi connectivity index (χ3n) is 8.30.